The maximum absolute atomic E-state index is 12.4. The Bertz CT molecular complexity index is 430. The molecule has 1 heterocycles. The van der Waals surface area contributed by atoms with Crippen LogP contribution < -0.4 is 10.5 Å². The van der Waals surface area contributed by atoms with Gasteiger partial charge in [0.2, 0.25) is 0 Å². The van der Waals surface area contributed by atoms with E-state index < -0.39 is 34.3 Å². The Morgan fingerprint density at radius 1 is 1.18 bits per heavy atom. The largest absolute Gasteiger partial charge is 0.573 e. The topological polar surface area (TPSA) is 48.1 Å². The Morgan fingerprint density at radius 3 is 2.12 bits per heavy atom. The summed E-state index contributed by atoms with van der Waals surface area (Å²) in [5.74, 6) is -2.06. The molecule has 1 rings (SSSR count). The highest BCUT2D eigenvalue weighted by molar-refractivity contribution is 9.10. The van der Waals surface area contributed by atoms with Gasteiger partial charge in [-0.1, -0.05) is 0 Å². The molecule has 0 saturated carbocycles. The van der Waals surface area contributed by atoms with Gasteiger partial charge in [-0.3, -0.25) is 0 Å². The minimum Gasteiger partial charge on any atom is -0.402 e. The second-order valence-electron chi connectivity index (χ2n) is 2.75. The Morgan fingerprint density at radius 2 is 1.71 bits per heavy atom. The molecular weight excluding hydrogens is 322 g/mol. The van der Waals surface area contributed by atoms with E-state index in [-0.39, 0.29) is 0 Å². The number of halogens is 7. The van der Waals surface area contributed by atoms with Crippen LogP contribution in [-0.2, 0) is 6.18 Å². The van der Waals surface area contributed by atoms with Gasteiger partial charge in [0, 0.05) is 0 Å². The lowest BCUT2D eigenvalue weighted by atomic mass is 10.3. The summed E-state index contributed by atoms with van der Waals surface area (Å²) in [4.78, 5) is 2.79. The minimum atomic E-state index is -5.26. The van der Waals surface area contributed by atoms with E-state index in [2.05, 4.69) is 25.7 Å². The van der Waals surface area contributed by atoms with E-state index in [1.54, 1.807) is 0 Å². The highest BCUT2D eigenvalue weighted by Crippen LogP contribution is 2.41. The predicted molar refractivity (Wildman–Crippen MR) is 48.0 cm³/mol. The van der Waals surface area contributed by atoms with Crippen LogP contribution in [0.2, 0.25) is 0 Å². The van der Waals surface area contributed by atoms with Crippen LogP contribution >= 0.6 is 15.9 Å². The third-order valence-corrected chi connectivity index (χ3v) is 2.02. The van der Waals surface area contributed by atoms with Gasteiger partial charge in [0.25, 0.3) is 0 Å². The fourth-order valence-electron chi connectivity index (χ4n) is 0.926. The number of aromatic nitrogens is 1. The fraction of sp³-hybridized carbons (Fsp3) is 0.286. The normalized spacial score (nSPS) is 12.6. The number of hydrogen-bond acceptors (Lipinski definition) is 3. The molecule has 0 amide bonds. The van der Waals surface area contributed by atoms with Crippen LogP contribution in [0.1, 0.15) is 5.69 Å². The number of anilines is 1. The first-order valence-electron chi connectivity index (χ1n) is 3.79. The van der Waals surface area contributed by atoms with Gasteiger partial charge in [0.15, 0.2) is 11.4 Å². The van der Waals surface area contributed by atoms with Crippen molar-refractivity contribution in [2.45, 2.75) is 12.5 Å². The van der Waals surface area contributed by atoms with Gasteiger partial charge in [-0.2, -0.15) is 13.2 Å². The van der Waals surface area contributed by atoms with E-state index in [1.807, 2.05) is 0 Å². The van der Waals surface area contributed by atoms with E-state index in [9.17, 15) is 26.3 Å². The average Bonchev–Trinajstić information content (AvgIpc) is 2.05. The van der Waals surface area contributed by atoms with Crippen LogP contribution in [0.25, 0.3) is 0 Å². The van der Waals surface area contributed by atoms with Crippen molar-refractivity contribution in [2.75, 3.05) is 5.73 Å². The van der Waals surface area contributed by atoms with E-state index in [4.69, 9.17) is 5.73 Å². The standard InChI is InChI=1S/C7H3BrF6N2O/c8-2-1-3(15)16-5(6(9,10)11)4(2)17-7(12,13)14/h1H,(H2,15,16). The first-order valence-corrected chi connectivity index (χ1v) is 4.59. The van der Waals surface area contributed by atoms with Crippen molar-refractivity contribution >= 4 is 21.7 Å². The number of ether oxygens (including phenoxy) is 1. The predicted octanol–water partition coefficient (Wildman–Crippen LogP) is 3.34. The summed E-state index contributed by atoms with van der Waals surface area (Å²) in [6, 6.07) is 0.774. The number of pyridine rings is 1. The van der Waals surface area contributed by atoms with Crippen LogP contribution in [-0.4, -0.2) is 11.3 Å². The molecule has 0 radical (unpaired) electrons. The lowest BCUT2D eigenvalue weighted by Gasteiger charge is -2.16. The van der Waals surface area contributed by atoms with Crippen molar-refractivity contribution < 1.29 is 31.1 Å². The molecule has 10 heteroatoms. The molecule has 1 aromatic heterocycles. The number of nitrogens with two attached hydrogens (primary N) is 1. The molecule has 0 spiro atoms. The van der Waals surface area contributed by atoms with E-state index in [1.165, 1.54) is 0 Å². The number of alkyl halides is 6. The fourth-order valence-corrected chi connectivity index (χ4v) is 1.43. The Labute approximate surface area is 98.7 Å². The van der Waals surface area contributed by atoms with Gasteiger partial charge >= 0.3 is 12.5 Å². The van der Waals surface area contributed by atoms with Gasteiger partial charge in [-0.25, -0.2) is 4.98 Å². The van der Waals surface area contributed by atoms with Crippen LogP contribution in [0, 0.1) is 0 Å². The maximum Gasteiger partial charge on any atom is 0.573 e. The monoisotopic (exact) mass is 324 g/mol. The lowest BCUT2D eigenvalue weighted by Crippen LogP contribution is -2.21. The first kappa shape index (κ1) is 13.9. The number of hydrogen-bond donors (Lipinski definition) is 1. The summed E-state index contributed by atoms with van der Waals surface area (Å²) in [7, 11) is 0. The molecule has 0 aliphatic rings. The molecule has 1 aromatic rings. The molecule has 0 unspecified atom stereocenters. The maximum atomic E-state index is 12.4. The smallest absolute Gasteiger partial charge is 0.402 e. The van der Waals surface area contributed by atoms with Crippen LogP contribution in [0.15, 0.2) is 10.5 Å². The molecular formula is C7H3BrF6N2O. The zero-order valence-corrected chi connectivity index (χ0v) is 9.24. The van der Waals surface area contributed by atoms with Crippen molar-refractivity contribution in [1.29, 1.82) is 0 Å². The summed E-state index contributed by atoms with van der Waals surface area (Å²) in [6.45, 7) is 0. The third-order valence-electron chi connectivity index (χ3n) is 1.43. The summed E-state index contributed by atoms with van der Waals surface area (Å²) < 4.78 is 75.6. The molecule has 0 bridgehead atoms. The van der Waals surface area contributed by atoms with Gasteiger partial charge in [0.05, 0.1) is 4.47 Å². The highest BCUT2D eigenvalue weighted by atomic mass is 79.9. The summed E-state index contributed by atoms with van der Waals surface area (Å²) in [5.41, 5.74) is 3.17. The first-order chi connectivity index (χ1) is 7.50. The molecule has 0 atom stereocenters. The number of nitrogens with zero attached hydrogens (tertiary/aromatic N) is 1. The van der Waals surface area contributed by atoms with Crippen LogP contribution in [0.5, 0.6) is 5.75 Å². The molecule has 0 aliphatic heterocycles. The van der Waals surface area contributed by atoms with E-state index in [0.29, 0.717) is 0 Å². The Hall–Kier alpha value is -1.19. The molecule has 0 fully saturated rings. The van der Waals surface area contributed by atoms with Gasteiger partial charge < -0.3 is 10.5 Å². The van der Waals surface area contributed by atoms with Crippen LogP contribution in [0.3, 0.4) is 0 Å². The van der Waals surface area contributed by atoms with Gasteiger partial charge in [-0.15, -0.1) is 13.2 Å². The van der Waals surface area contributed by atoms with Gasteiger partial charge in [0.1, 0.15) is 5.82 Å². The van der Waals surface area contributed by atoms with Crippen molar-refractivity contribution in [3.63, 3.8) is 0 Å². The lowest BCUT2D eigenvalue weighted by molar-refractivity contribution is -0.276. The number of nitrogen functional groups attached to an aromatic ring is 1. The Balaban J connectivity index is 3.36. The number of rotatable bonds is 1. The molecule has 0 saturated heterocycles. The van der Waals surface area contributed by atoms with E-state index >= 15 is 0 Å². The zero-order valence-electron chi connectivity index (χ0n) is 7.66. The zero-order chi connectivity index (χ0) is 13.4. The summed E-state index contributed by atoms with van der Waals surface area (Å²) >= 11 is 2.50. The third kappa shape index (κ3) is 3.65. The molecule has 2 N–H and O–H groups in total. The molecule has 17 heavy (non-hydrogen) atoms. The van der Waals surface area contributed by atoms with Crippen molar-refractivity contribution in [2.24, 2.45) is 0 Å². The molecule has 0 aromatic carbocycles. The summed E-state index contributed by atoms with van der Waals surface area (Å²) in [5, 5.41) is 0. The average molecular weight is 325 g/mol. The molecule has 96 valence electrons. The molecule has 3 nitrogen and oxygen atoms in total. The Kier molecular flexibility index (Phi) is 3.46. The highest BCUT2D eigenvalue weighted by Gasteiger charge is 2.42. The quantitative estimate of drug-likeness (QED) is 0.806. The molecule has 0 aliphatic carbocycles. The second kappa shape index (κ2) is 4.24. The van der Waals surface area contributed by atoms with Gasteiger partial charge in [-0.05, 0) is 22.0 Å². The van der Waals surface area contributed by atoms with Crippen molar-refractivity contribution in [1.82, 2.24) is 4.98 Å². The van der Waals surface area contributed by atoms with Crippen molar-refractivity contribution in [3.05, 3.63) is 16.2 Å². The summed E-state index contributed by atoms with van der Waals surface area (Å²) in [6.07, 6.45) is -10.4. The van der Waals surface area contributed by atoms with Crippen molar-refractivity contribution in [3.8, 4) is 5.75 Å². The van der Waals surface area contributed by atoms with Crippen LogP contribution in [0.4, 0.5) is 32.2 Å². The minimum absolute atomic E-state index is 0.585. The second-order valence-corrected chi connectivity index (χ2v) is 3.61. The van der Waals surface area contributed by atoms with E-state index in [0.717, 1.165) is 6.07 Å². The SMILES string of the molecule is Nc1cc(Br)c(OC(F)(F)F)c(C(F)(F)F)n1.